The molecule has 144 valence electrons. The van der Waals surface area contributed by atoms with Crippen LogP contribution in [0, 0.1) is 0 Å². The zero-order chi connectivity index (χ0) is 19.4. The molecule has 0 radical (unpaired) electrons. The van der Waals surface area contributed by atoms with Crippen LogP contribution in [-0.4, -0.2) is 36.8 Å². The maximum absolute atomic E-state index is 12.9. The Labute approximate surface area is 163 Å². The number of phenols is 1. The molecule has 1 fully saturated rings. The zero-order valence-corrected chi connectivity index (χ0v) is 16.3. The molecule has 1 saturated heterocycles. The third-order valence-electron chi connectivity index (χ3n) is 4.50. The van der Waals surface area contributed by atoms with Crippen LogP contribution in [0.15, 0.2) is 47.4 Å². The summed E-state index contributed by atoms with van der Waals surface area (Å²) in [7, 11) is -3.63. The molecule has 0 spiro atoms. The maximum atomic E-state index is 12.9. The molecule has 8 heteroatoms. The monoisotopic (exact) mass is 408 g/mol. The number of carbonyl (C=O) groups is 1. The molecule has 0 atom stereocenters. The molecule has 1 heterocycles. The van der Waals surface area contributed by atoms with Crippen LogP contribution in [-0.2, 0) is 10.0 Å². The summed E-state index contributed by atoms with van der Waals surface area (Å²) in [5.41, 5.74) is 0.638. The molecule has 0 aromatic heterocycles. The summed E-state index contributed by atoms with van der Waals surface area (Å²) in [5.74, 6) is -0.537. The smallest absolute Gasteiger partial charge is 0.255 e. The number of anilines is 1. The van der Waals surface area contributed by atoms with Gasteiger partial charge in [-0.3, -0.25) is 4.79 Å². The van der Waals surface area contributed by atoms with E-state index in [4.69, 9.17) is 11.6 Å². The van der Waals surface area contributed by atoms with Crippen LogP contribution >= 0.6 is 11.6 Å². The van der Waals surface area contributed by atoms with Gasteiger partial charge in [0, 0.05) is 24.3 Å². The first-order valence-corrected chi connectivity index (χ1v) is 10.6. The summed E-state index contributed by atoms with van der Waals surface area (Å²) < 4.78 is 27.3. The number of carbonyl (C=O) groups excluding carboxylic acids is 1. The van der Waals surface area contributed by atoms with Gasteiger partial charge in [0.15, 0.2) is 0 Å². The fraction of sp³-hybridized carbons (Fsp3) is 0.316. The van der Waals surface area contributed by atoms with Crippen LogP contribution in [0.5, 0.6) is 5.75 Å². The van der Waals surface area contributed by atoms with Gasteiger partial charge in [-0.2, -0.15) is 4.31 Å². The summed E-state index contributed by atoms with van der Waals surface area (Å²) >= 11 is 5.84. The highest BCUT2D eigenvalue weighted by Crippen LogP contribution is 2.27. The van der Waals surface area contributed by atoms with Crippen LogP contribution < -0.4 is 5.32 Å². The predicted octanol–water partition coefficient (Wildman–Crippen LogP) is 3.86. The average Bonchev–Trinajstić information content (AvgIpc) is 2.95. The topological polar surface area (TPSA) is 86.7 Å². The summed E-state index contributed by atoms with van der Waals surface area (Å²) in [4.78, 5) is 12.6. The van der Waals surface area contributed by atoms with Crippen molar-refractivity contribution in [3.8, 4) is 5.75 Å². The highest BCUT2D eigenvalue weighted by Gasteiger charge is 2.25. The molecule has 6 nitrogen and oxygen atoms in total. The molecule has 1 aliphatic rings. The van der Waals surface area contributed by atoms with Gasteiger partial charge in [-0.1, -0.05) is 30.5 Å². The van der Waals surface area contributed by atoms with Gasteiger partial charge in [-0.05, 0) is 49.2 Å². The van der Waals surface area contributed by atoms with Gasteiger partial charge in [0.2, 0.25) is 10.0 Å². The van der Waals surface area contributed by atoms with E-state index in [0.29, 0.717) is 18.8 Å². The Hall–Kier alpha value is -2.09. The number of hydrogen-bond acceptors (Lipinski definition) is 4. The van der Waals surface area contributed by atoms with Crippen molar-refractivity contribution in [1.29, 1.82) is 0 Å². The van der Waals surface area contributed by atoms with E-state index in [1.807, 2.05) is 0 Å². The van der Waals surface area contributed by atoms with Gasteiger partial charge in [-0.15, -0.1) is 0 Å². The molecule has 1 aliphatic heterocycles. The second-order valence-corrected chi connectivity index (χ2v) is 8.81. The summed E-state index contributed by atoms with van der Waals surface area (Å²) in [6, 6.07) is 10.3. The standard InChI is InChI=1S/C19H21ClN2O4S/c20-17-13-15(8-9-18(17)23)21-19(24)14-6-5-7-16(12-14)27(25,26)22-10-3-1-2-4-11-22/h5-9,12-13,23H,1-4,10-11H2,(H,21,24). The molecule has 0 aliphatic carbocycles. The van der Waals surface area contributed by atoms with Crippen LogP contribution in [0.2, 0.25) is 5.02 Å². The Morgan fingerprint density at radius 3 is 2.41 bits per heavy atom. The lowest BCUT2D eigenvalue weighted by molar-refractivity contribution is 0.102. The molecule has 27 heavy (non-hydrogen) atoms. The van der Waals surface area contributed by atoms with Gasteiger partial charge >= 0.3 is 0 Å². The molecule has 1 amide bonds. The van der Waals surface area contributed by atoms with Crippen molar-refractivity contribution in [2.75, 3.05) is 18.4 Å². The molecule has 2 N–H and O–H groups in total. The lowest BCUT2D eigenvalue weighted by atomic mass is 10.2. The van der Waals surface area contributed by atoms with Crippen LogP contribution in [0.25, 0.3) is 0 Å². The second kappa shape index (κ2) is 8.29. The molecular formula is C19H21ClN2O4S. The van der Waals surface area contributed by atoms with Crippen molar-refractivity contribution < 1.29 is 18.3 Å². The van der Waals surface area contributed by atoms with Crippen molar-refractivity contribution in [1.82, 2.24) is 4.31 Å². The summed E-state index contributed by atoms with van der Waals surface area (Å²) in [6.07, 6.45) is 3.76. The maximum Gasteiger partial charge on any atom is 0.255 e. The fourth-order valence-electron chi connectivity index (χ4n) is 3.02. The number of benzene rings is 2. The molecular weight excluding hydrogens is 388 g/mol. The van der Waals surface area contributed by atoms with Gasteiger partial charge in [0.05, 0.1) is 9.92 Å². The predicted molar refractivity (Wildman–Crippen MR) is 105 cm³/mol. The number of phenolic OH excluding ortho intramolecular Hbond substituents is 1. The number of hydrogen-bond donors (Lipinski definition) is 2. The SMILES string of the molecule is O=C(Nc1ccc(O)c(Cl)c1)c1cccc(S(=O)(=O)N2CCCCCC2)c1. The van der Waals surface area contributed by atoms with E-state index in [9.17, 15) is 18.3 Å². The van der Waals surface area contributed by atoms with E-state index in [1.54, 1.807) is 12.1 Å². The molecule has 3 rings (SSSR count). The van der Waals surface area contributed by atoms with Gasteiger partial charge in [-0.25, -0.2) is 8.42 Å². The number of nitrogens with one attached hydrogen (secondary N) is 1. The van der Waals surface area contributed by atoms with E-state index >= 15 is 0 Å². The normalized spacial score (nSPS) is 15.9. The Morgan fingerprint density at radius 2 is 1.74 bits per heavy atom. The fourth-order valence-corrected chi connectivity index (χ4v) is 4.76. The highest BCUT2D eigenvalue weighted by atomic mass is 35.5. The third kappa shape index (κ3) is 4.61. The molecule has 0 unspecified atom stereocenters. The van der Waals surface area contributed by atoms with E-state index in [-0.39, 0.29) is 21.2 Å². The van der Waals surface area contributed by atoms with Crippen LogP contribution in [0.4, 0.5) is 5.69 Å². The van der Waals surface area contributed by atoms with E-state index in [1.165, 1.54) is 34.6 Å². The number of sulfonamides is 1. The first-order valence-electron chi connectivity index (χ1n) is 8.78. The largest absolute Gasteiger partial charge is 0.506 e. The Kier molecular flexibility index (Phi) is 6.04. The Bertz CT molecular complexity index is 938. The quantitative estimate of drug-likeness (QED) is 0.752. The van der Waals surface area contributed by atoms with Crippen molar-refractivity contribution in [3.63, 3.8) is 0 Å². The zero-order valence-electron chi connectivity index (χ0n) is 14.7. The summed E-state index contributed by atoms with van der Waals surface area (Å²) in [6.45, 7) is 1.01. The molecule has 0 saturated carbocycles. The molecule has 2 aromatic rings. The van der Waals surface area contributed by atoms with E-state index < -0.39 is 15.9 Å². The highest BCUT2D eigenvalue weighted by molar-refractivity contribution is 7.89. The summed E-state index contributed by atoms with van der Waals surface area (Å²) in [5, 5.41) is 12.2. The van der Waals surface area contributed by atoms with Crippen molar-refractivity contribution in [2.24, 2.45) is 0 Å². The lowest BCUT2D eigenvalue weighted by Crippen LogP contribution is -2.32. The van der Waals surface area contributed by atoms with Crippen LogP contribution in [0.1, 0.15) is 36.0 Å². The minimum atomic E-state index is -3.63. The second-order valence-electron chi connectivity index (χ2n) is 6.47. The van der Waals surface area contributed by atoms with Crippen molar-refractivity contribution >= 4 is 33.2 Å². The number of amides is 1. The Balaban J connectivity index is 1.81. The average molecular weight is 409 g/mol. The molecule has 0 bridgehead atoms. The third-order valence-corrected chi connectivity index (χ3v) is 6.70. The molecule has 2 aromatic carbocycles. The van der Waals surface area contributed by atoms with E-state index in [2.05, 4.69) is 5.32 Å². The van der Waals surface area contributed by atoms with Crippen molar-refractivity contribution in [3.05, 3.63) is 53.1 Å². The van der Waals surface area contributed by atoms with Gasteiger partial charge in [0.25, 0.3) is 5.91 Å². The Morgan fingerprint density at radius 1 is 1.04 bits per heavy atom. The van der Waals surface area contributed by atoms with Crippen LogP contribution in [0.3, 0.4) is 0 Å². The van der Waals surface area contributed by atoms with Gasteiger partial charge in [0.1, 0.15) is 5.75 Å². The number of nitrogens with zero attached hydrogens (tertiary/aromatic N) is 1. The number of rotatable bonds is 4. The number of aromatic hydroxyl groups is 1. The van der Waals surface area contributed by atoms with E-state index in [0.717, 1.165) is 25.7 Å². The first-order chi connectivity index (χ1) is 12.9. The van der Waals surface area contributed by atoms with Gasteiger partial charge < -0.3 is 10.4 Å². The first kappa shape index (κ1) is 19.7. The van der Waals surface area contributed by atoms with Crippen molar-refractivity contribution in [2.45, 2.75) is 30.6 Å². The number of halogens is 1. The lowest BCUT2D eigenvalue weighted by Gasteiger charge is -2.20. The minimum absolute atomic E-state index is 0.0831. The minimum Gasteiger partial charge on any atom is -0.506 e.